The average Bonchev–Trinajstić information content (AvgIpc) is 3.06. The number of hydrogen-bond donors (Lipinski definition) is 1. The summed E-state index contributed by atoms with van der Waals surface area (Å²) in [4.78, 5) is 25.8. The molecule has 2 fully saturated rings. The quantitative estimate of drug-likeness (QED) is 0.759. The molecule has 0 aromatic carbocycles. The third-order valence-electron chi connectivity index (χ3n) is 4.30. The second-order valence-corrected chi connectivity index (χ2v) is 6.25. The number of likely N-dealkylation sites (tertiary alicyclic amines) is 1. The van der Waals surface area contributed by atoms with Gasteiger partial charge in [0, 0.05) is 19.4 Å². The maximum absolute atomic E-state index is 12.2. The van der Waals surface area contributed by atoms with E-state index in [1.165, 1.54) is 4.90 Å². The van der Waals surface area contributed by atoms with Crippen LogP contribution in [0.25, 0.3) is 0 Å². The van der Waals surface area contributed by atoms with Gasteiger partial charge in [-0.05, 0) is 38.5 Å². The van der Waals surface area contributed by atoms with Crippen molar-refractivity contribution in [1.82, 2.24) is 10.2 Å². The van der Waals surface area contributed by atoms with Gasteiger partial charge in [-0.3, -0.25) is 9.59 Å². The van der Waals surface area contributed by atoms with Crippen molar-refractivity contribution in [3.8, 4) is 6.07 Å². The van der Waals surface area contributed by atoms with Crippen molar-refractivity contribution in [2.45, 2.75) is 69.1 Å². The Balaban J connectivity index is 1.80. The van der Waals surface area contributed by atoms with Crippen LogP contribution in [0.1, 0.15) is 51.4 Å². The molecular formula is C15H20F3N3O2. The van der Waals surface area contributed by atoms with Gasteiger partial charge in [0.05, 0.1) is 6.07 Å². The summed E-state index contributed by atoms with van der Waals surface area (Å²) in [6.07, 6.45) is -2.55. The molecule has 0 spiro atoms. The van der Waals surface area contributed by atoms with Gasteiger partial charge in [-0.15, -0.1) is 0 Å². The van der Waals surface area contributed by atoms with Crippen molar-refractivity contribution in [3.63, 3.8) is 0 Å². The number of unbranched alkanes of at least 4 members (excludes halogenated alkanes) is 1. The van der Waals surface area contributed by atoms with E-state index >= 15 is 0 Å². The third-order valence-corrected chi connectivity index (χ3v) is 4.30. The molecule has 0 aromatic rings. The molecule has 0 aromatic heterocycles. The fourth-order valence-corrected chi connectivity index (χ4v) is 2.79. The zero-order chi connectivity index (χ0) is 17.1. The Bertz CT molecular complexity index is 509. The summed E-state index contributed by atoms with van der Waals surface area (Å²) in [5, 5.41) is 11.7. The molecule has 5 nitrogen and oxygen atoms in total. The standard InChI is InChI=1S/C15H20F3N3O2/c16-15(17,18)6-2-1-5-12(22)21-9-3-4-11(21)13(23)20-14(10-19)7-8-14/h11H,1-9H2,(H,20,23)/t11-/m0/s1. The molecule has 1 atom stereocenters. The molecule has 2 rings (SSSR count). The van der Waals surface area contributed by atoms with Crippen molar-refractivity contribution in [3.05, 3.63) is 0 Å². The Labute approximate surface area is 132 Å². The smallest absolute Gasteiger partial charge is 0.336 e. The van der Waals surface area contributed by atoms with Gasteiger partial charge in [-0.1, -0.05) is 0 Å². The molecule has 23 heavy (non-hydrogen) atoms. The number of alkyl halides is 3. The molecule has 0 radical (unpaired) electrons. The van der Waals surface area contributed by atoms with Crippen LogP contribution in [0.2, 0.25) is 0 Å². The molecule has 1 heterocycles. The summed E-state index contributed by atoms with van der Waals surface area (Å²) in [6.45, 7) is 0.440. The molecule has 1 N–H and O–H groups in total. The van der Waals surface area contributed by atoms with Crippen molar-refractivity contribution in [2.24, 2.45) is 0 Å². The first-order chi connectivity index (χ1) is 10.8. The Morgan fingerprint density at radius 3 is 2.57 bits per heavy atom. The monoisotopic (exact) mass is 331 g/mol. The lowest BCUT2D eigenvalue weighted by Gasteiger charge is -2.25. The number of hydrogen-bond acceptors (Lipinski definition) is 3. The van der Waals surface area contributed by atoms with Crippen molar-refractivity contribution >= 4 is 11.8 Å². The number of amides is 2. The van der Waals surface area contributed by atoms with E-state index in [9.17, 15) is 22.8 Å². The van der Waals surface area contributed by atoms with Crippen LogP contribution in [0.3, 0.4) is 0 Å². The third kappa shape index (κ3) is 4.85. The van der Waals surface area contributed by atoms with Gasteiger partial charge in [0.25, 0.3) is 0 Å². The van der Waals surface area contributed by atoms with Crippen molar-refractivity contribution < 1.29 is 22.8 Å². The molecule has 2 aliphatic rings. The minimum Gasteiger partial charge on any atom is -0.336 e. The summed E-state index contributed by atoms with van der Waals surface area (Å²) in [5.74, 6) is -0.614. The molecule has 1 saturated heterocycles. The summed E-state index contributed by atoms with van der Waals surface area (Å²) < 4.78 is 36.2. The van der Waals surface area contributed by atoms with Gasteiger partial charge < -0.3 is 10.2 Å². The lowest BCUT2D eigenvalue weighted by atomic mass is 10.1. The van der Waals surface area contributed by atoms with E-state index in [-0.39, 0.29) is 31.1 Å². The Morgan fingerprint density at radius 1 is 1.30 bits per heavy atom. The van der Waals surface area contributed by atoms with E-state index in [1.54, 1.807) is 0 Å². The van der Waals surface area contributed by atoms with Crippen LogP contribution in [0.15, 0.2) is 0 Å². The molecule has 128 valence electrons. The van der Waals surface area contributed by atoms with Crippen LogP contribution >= 0.6 is 0 Å². The average molecular weight is 331 g/mol. The normalized spacial score (nSPS) is 22.5. The molecule has 1 saturated carbocycles. The summed E-state index contributed by atoms with van der Waals surface area (Å²) in [6, 6.07) is 1.46. The SMILES string of the molecule is N#CC1(NC(=O)[C@@H]2CCCN2C(=O)CCCCC(F)(F)F)CC1. The summed E-state index contributed by atoms with van der Waals surface area (Å²) in [5.41, 5.74) is -0.777. The van der Waals surface area contributed by atoms with E-state index in [1.807, 2.05) is 0 Å². The van der Waals surface area contributed by atoms with Crippen LogP contribution in [-0.2, 0) is 9.59 Å². The number of carbonyl (C=O) groups excluding carboxylic acids is 2. The molecule has 2 amide bonds. The Morgan fingerprint density at radius 2 is 2.00 bits per heavy atom. The first-order valence-electron chi connectivity index (χ1n) is 7.86. The first kappa shape index (κ1) is 17.6. The number of nitrogens with zero attached hydrogens (tertiary/aromatic N) is 2. The molecule has 0 bridgehead atoms. The zero-order valence-corrected chi connectivity index (χ0v) is 12.8. The summed E-state index contributed by atoms with van der Waals surface area (Å²) in [7, 11) is 0. The van der Waals surface area contributed by atoms with Gasteiger partial charge in [0.1, 0.15) is 11.6 Å². The second kappa shape index (κ2) is 6.77. The highest BCUT2D eigenvalue weighted by atomic mass is 19.4. The number of halogens is 3. The van der Waals surface area contributed by atoms with E-state index in [0.717, 1.165) is 0 Å². The van der Waals surface area contributed by atoms with Crippen molar-refractivity contribution in [2.75, 3.05) is 6.54 Å². The van der Waals surface area contributed by atoms with Crippen LogP contribution in [0.5, 0.6) is 0 Å². The van der Waals surface area contributed by atoms with Crippen LogP contribution in [0, 0.1) is 11.3 Å². The Kier molecular flexibility index (Phi) is 5.17. The molecule has 1 aliphatic heterocycles. The summed E-state index contributed by atoms with van der Waals surface area (Å²) >= 11 is 0. The van der Waals surface area contributed by atoms with Gasteiger partial charge >= 0.3 is 6.18 Å². The second-order valence-electron chi connectivity index (χ2n) is 6.25. The lowest BCUT2D eigenvalue weighted by Crippen LogP contribution is -2.49. The highest BCUT2D eigenvalue weighted by Gasteiger charge is 2.47. The van der Waals surface area contributed by atoms with Crippen LogP contribution in [-0.4, -0.2) is 41.0 Å². The highest BCUT2D eigenvalue weighted by Crippen LogP contribution is 2.35. The van der Waals surface area contributed by atoms with Gasteiger partial charge in [0.15, 0.2) is 0 Å². The topological polar surface area (TPSA) is 73.2 Å². The molecule has 8 heteroatoms. The zero-order valence-electron chi connectivity index (χ0n) is 12.8. The molecule has 0 unspecified atom stereocenters. The van der Waals surface area contributed by atoms with E-state index in [0.29, 0.717) is 32.2 Å². The number of nitriles is 1. The minimum absolute atomic E-state index is 0.0171. The largest absolute Gasteiger partial charge is 0.389 e. The number of carbonyl (C=O) groups is 2. The fraction of sp³-hybridized carbons (Fsp3) is 0.800. The lowest BCUT2D eigenvalue weighted by molar-refractivity contribution is -0.140. The van der Waals surface area contributed by atoms with Crippen molar-refractivity contribution in [1.29, 1.82) is 5.26 Å². The van der Waals surface area contributed by atoms with Gasteiger partial charge in [-0.2, -0.15) is 18.4 Å². The maximum atomic E-state index is 12.2. The molecular weight excluding hydrogens is 311 g/mol. The number of nitrogens with one attached hydrogen (secondary N) is 1. The first-order valence-corrected chi connectivity index (χ1v) is 7.86. The van der Waals surface area contributed by atoms with E-state index in [2.05, 4.69) is 11.4 Å². The maximum Gasteiger partial charge on any atom is 0.389 e. The molecule has 1 aliphatic carbocycles. The predicted octanol–water partition coefficient (Wildman–Crippen LogP) is 2.27. The number of rotatable bonds is 6. The van der Waals surface area contributed by atoms with Gasteiger partial charge in [-0.25, -0.2) is 0 Å². The van der Waals surface area contributed by atoms with Crippen LogP contribution < -0.4 is 5.32 Å². The van der Waals surface area contributed by atoms with Gasteiger partial charge in [0.2, 0.25) is 11.8 Å². The fourth-order valence-electron chi connectivity index (χ4n) is 2.79. The minimum atomic E-state index is -4.20. The Hall–Kier alpha value is -1.78. The predicted molar refractivity (Wildman–Crippen MR) is 75.0 cm³/mol. The van der Waals surface area contributed by atoms with E-state index < -0.39 is 24.2 Å². The van der Waals surface area contributed by atoms with E-state index in [4.69, 9.17) is 5.26 Å². The highest BCUT2D eigenvalue weighted by molar-refractivity contribution is 5.89. The van der Waals surface area contributed by atoms with Crippen LogP contribution in [0.4, 0.5) is 13.2 Å².